The first-order valence-corrected chi connectivity index (χ1v) is 12.9. The first-order chi connectivity index (χ1) is 17.7. The van der Waals surface area contributed by atoms with Crippen LogP contribution in [0.5, 0.6) is 0 Å². The van der Waals surface area contributed by atoms with Crippen molar-refractivity contribution in [2.75, 3.05) is 42.2 Å². The number of nitrogens with one attached hydrogen (secondary N) is 2. The SMILES string of the molecule is Cc1cccc(CN2CC[C@H](Nc3nc(Nc4cc(C(N)=O)ccc4C)nc(N(C)CC(C)C)n3)C2)c1. The minimum atomic E-state index is -0.477. The Balaban J connectivity index is 1.53. The molecule has 0 spiro atoms. The molecule has 4 N–H and O–H groups in total. The highest BCUT2D eigenvalue weighted by Crippen LogP contribution is 2.23. The minimum absolute atomic E-state index is 0.239. The van der Waals surface area contributed by atoms with Crippen LogP contribution in [0.3, 0.4) is 0 Å². The Morgan fingerprint density at radius 2 is 1.92 bits per heavy atom. The number of carbonyl (C=O) groups excluding carboxylic acids is 1. The summed E-state index contributed by atoms with van der Waals surface area (Å²) in [5.41, 5.74) is 10.2. The number of primary amides is 1. The number of nitrogens with zero attached hydrogens (tertiary/aromatic N) is 5. The van der Waals surface area contributed by atoms with E-state index in [4.69, 9.17) is 10.7 Å². The Bertz CT molecular complexity index is 1240. The average Bonchev–Trinajstić information content (AvgIpc) is 3.26. The van der Waals surface area contributed by atoms with Gasteiger partial charge in [0, 0.05) is 50.5 Å². The van der Waals surface area contributed by atoms with Gasteiger partial charge in [0.25, 0.3) is 0 Å². The van der Waals surface area contributed by atoms with Crippen molar-refractivity contribution >= 4 is 29.4 Å². The van der Waals surface area contributed by atoms with Gasteiger partial charge in [-0.3, -0.25) is 9.69 Å². The second kappa shape index (κ2) is 11.6. The van der Waals surface area contributed by atoms with Gasteiger partial charge in [0.2, 0.25) is 23.8 Å². The Kier molecular flexibility index (Phi) is 8.23. The highest BCUT2D eigenvalue weighted by molar-refractivity contribution is 5.94. The number of amides is 1. The Morgan fingerprint density at radius 3 is 2.65 bits per heavy atom. The Hall–Kier alpha value is -3.72. The largest absolute Gasteiger partial charge is 0.366 e. The summed E-state index contributed by atoms with van der Waals surface area (Å²) in [6.45, 7) is 12.1. The molecule has 3 aromatic rings. The number of aryl methyl sites for hydroxylation is 2. The van der Waals surface area contributed by atoms with Crippen molar-refractivity contribution < 1.29 is 4.79 Å². The quantitative estimate of drug-likeness (QED) is 0.380. The summed E-state index contributed by atoms with van der Waals surface area (Å²) < 4.78 is 0. The van der Waals surface area contributed by atoms with Gasteiger partial charge in [-0.2, -0.15) is 15.0 Å². The van der Waals surface area contributed by atoms with Crippen LogP contribution in [0.15, 0.2) is 42.5 Å². The molecule has 1 fully saturated rings. The molecule has 37 heavy (non-hydrogen) atoms. The normalized spacial score (nSPS) is 15.7. The number of aromatic nitrogens is 3. The summed E-state index contributed by atoms with van der Waals surface area (Å²) in [5.74, 6) is 1.52. The third-order valence-corrected chi connectivity index (χ3v) is 6.47. The molecule has 0 bridgehead atoms. The zero-order chi connectivity index (χ0) is 26.5. The first kappa shape index (κ1) is 26.3. The predicted molar refractivity (Wildman–Crippen MR) is 149 cm³/mol. The number of hydrogen-bond donors (Lipinski definition) is 3. The lowest BCUT2D eigenvalue weighted by atomic mass is 10.1. The summed E-state index contributed by atoms with van der Waals surface area (Å²) in [7, 11) is 1.99. The molecule has 0 saturated carbocycles. The van der Waals surface area contributed by atoms with Gasteiger partial charge in [0.15, 0.2) is 0 Å². The Labute approximate surface area is 219 Å². The lowest BCUT2D eigenvalue weighted by molar-refractivity contribution is 0.100. The fraction of sp³-hybridized carbons (Fsp3) is 0.429. The van der Waals surface area contributed by atoms with Crippen LogP contribution < -0.4 is 21.3 Å². The molecule has 1 atom stereocenters. The number of rotatable bonds is 10. The van der Waals surface area contributed by atoms with Crippen molar-refractivity contribution in [1.29, 1.82) is 0 Å². The molecule has 1 aromatic heterocycles. The maximum atomic E-state index is 11.7. The van der Waals surface area contributed by atoms with Crippen molar-refractivity contribution in [3.8, 4) is 0 Å². The molecule has 0 unspecified atom stereocenters. The van der Waals surface area contributed by atoms with Crippen molar-refractivity contribution in [2.45, 2.75) is 46.7 Å². The maximum Gasteiger partial charge on any atom is 0.248 e. The monoisotopic (exact) mass is 502 g/mol. The lowest BCUT2D eigenvalue weighted by Gasteiger charge is -2.22. The second-order valence-corrected chi connectivity index (χ2v) is 10.4. The number of hydrogen-bond acceptors (Lipinski definition) is 8. The average molecular weight is 503 g/mol. The molecule has 1 aliphatic heterocycles. The molecule has 1 saturated heterocycles. The van der Waals surface area contributed by atoms with Gasteiger partial charge in [0.05, 0.1) is 0 Å². The van der Waals surface area contributed by atoms with Gasteiger partial charge in [-0.05, 0) is 49.4 Å². The van der Waals surface area contributed by atoms with Crippen LogP contribution in [0.4, 0.5) is 23.5 Å². The van der Waals surface area contributed by atoms with E-state index >= 15 is 0 Å². The van der Waals surface area contributed by atoms with E-state index in [-0.39, 0.29) is 6.04 Å². The lowest BCUT2D eigenvalue weighted by Crippen LogP contribution is -2.28. The van der Waals surface area contributed by atoms with Crippen molar-refractivity contribution in [3.05, 3.63) is 64.7 Å². The van der Waals surface area contributed by atoms with E-state index in [1.54, 1.807) is 12.1 Å². The molecule has 0 radical (unpaired) electrons. The molecule has 4 rings (SSSR count). The van der Waals surface area contributed by atoms with Gasteiger partial charge in [-0.25, -0.2) is 0 Å². The Morgan fingerprint density at radius 1 is 1.14 bits per heavy atom. The van der Waals surface area contributed by atoms with Gasteiger partial charge in [0.1, 0.15) is 0 Å². The number of benzene rings is 2. The molecule has 2 heterocycles. The van der Waals surface area contributed by atoms with Crippen LogP contribution in [0.2, 0.25) is 0 Å². The summed E-state index contributed by atoms with van der Waals surface area (Å²) in [5, 5.41) is 6.82. The third kappa shape index (κ3) is 7.16. The smallest absolute Gasteiger partial charge is 0.248 e. The molecule has 9 heteroatoms. The summed E-state index contributed by atoms with van der Waals surface area (Å²) in [6, 6.07) is 14.2. The van der Waals surface area contributed by atoms with Gasteiger partial charge in [-0.15, -0.1) is 0 Å². The van der Waals surface area contributed by atoms with Crippen LogP contribution in [0, 0.1) is 19.8 Å². The van der Waals surface area contributed by atoms with Gasteiger partial charge in [-0.1, -0.05) is 49.7 Å². The number of anilines is 4. The first-order valence-electron chi connectivity index (χ1n) is 12.9. The van der Waals surface area contributed by atoms with E-state index in [0.717, 1.165) is 43.9 Å². The molecule has 1 amide bonds. The second-order valence-electron chi connectivity index (χ2n) is 10.4. The fourth-order valence-electron chi connectivity index (χ4n) is 4.66. The molecule has 196 valence electrons. The predicted octanol–water partition coefficient (Wildman–Crippen LogP) is 4.11. The molecule has 1 aliphatic rings. The van der Waals surface area contributed by atoms with E-state index in [1.807, 2.05) is 24.9 Å². The molecule has 9 nitrogen and oxygen atoms in total. The standard InChI is InChI=1S/C28H38N8O/c1-18(2)15-35(5)28-33-26(30-23-11-12-36(17-23)16-21-8-6-7-19(3)13-21)32-27(34-28)31-24-14-22(25(29)37)10-9-20(24)4/h6-10,13-14,18,23H,11-12,15-17H2,1-5H3,(H2,29,37)(H2,30,31,32,33,34)/t23-/m0/s1. The van der Waals surface area contributed by atoms with Crippen LogP contribution in [0.1, 0.15) is 47.3 Å². The summed E-state index contributed by atoms with van der Waals surface area (Å²) >= 11 is 0. The van der Waals surface area contributed by atoms with Gasteiger partial charge >= 0.3 is 0 Å². The number of likely N-dealkylation sites (tertiary alicyclic amines) is 1. The van der Waals surface area contributed by atoms with Gasteiger partial charge < -0.3 is 21.3 Å². The molecular formula is C28H38N8O. The zero-order valence-electron chi connectivity index (χ0n) is 22.5. The van der Waals surface area contributed by atoms with E-state index < -0.39 is 5.91 Å². The van der Waals surface area contributed by atoms with Crippen molar-refractivity contribution in [1.82, 2.24) is 19.9 Å². The van der Waals surface area contributed by atoms with E-state index in [0.29, 0.717) is 29.3 Å². The molecular weight excluding hydrogens is 464 g/mol. The highest BCUT2D eigenvalue weighted by atomic mass is 16.1. The van der Waals surface area contributed by atoms with Crippen LogP contribution in [0.25, 0.3) is 0 Å². The van der Waals surface area contributed by atoms with Crippen molar-refractivity contribution in [3.63, 3.8) is 0 Å². The van der Waals surface area contributed by atoms with E-state index in [9.17, 15) is 4.79 Å². The third-order valence-electron chi connectivity index (χ3n) is 6.47. The zero-order valence-corrected chi connectivity index (χ0v) is 22.5. The highest BCUT2D eigenvalue weighted by Gasteiger charge is 2.24. The maximum absolute atomic E-state index is 11.7. The fourth-order valence-corrected chi connectivity index (χ4v) is 4.66. The summed E-state index contributed by atoms with van der Waals surface area (Å²) in [4.78, 5) is 30.3. The van der Waals surface area contributed by atoms with E-state index in [1.165, 1.54) is 11.1 Å². The number of nitrogens with two attached hydrogens (primary N) is 1. The number of carbonyl (C=O) groups is 1. The van der Waals surface area contributed by atoms with E-state index in [2.05, 4.69) is 70.5 Å². The molecule has 0 aliphatic carbocycles. The molecule has 2 aromatic carbocycles. The van der Waals surface area contributed by atoms with Crippen LogP contribution in [-0.4, -0.2) is 58.5 Å². The van der Waals surface area contributed by atoms with Crippen molar-refractivity contribution in [2.24, 2.45) is 11.7 Å². The minimum Gasteiger partial charge on any atom is -0.366 e. The van der Waals surface area contributed by atoms with Crippen LogP contribution in [-0.2, 0) is 6.54 Å². The van der Waals surface area contributed by atoms with Crippen LogP contribution >= 0.6 is 0 Å². The summed E-state index contributed by atoms with van der Waals surface area (Å²) in [6.07, 6.45) is 1.01. The topological polar surface area (TPSA) is 112 Å².